The molecule has 19 heavy (non-hydrogen) atoms. The molecule has 1 heterocycles. The molecule has 0 bridgehead atoms. The van der Waals surface area contributed by atoms with E-state index in [2.05, 4.69) is 13.0 Å². The van der Waals surface area contributed by atoms with Crippen molar-refractivity contribution >= 4 is 11.3 Å². The van der Waals surface area contributed by atoms with Crippen molar-refractivity contribution in [2.24, 2.45) is 5.73 Å². The molecule has 2 aromatic rings. The van der Waals surface area contributed by atoms with Crippen LogP contribution in [0.4, 0.5) is 4.39 Å². The molecule has 0 fully saturated rings. The number of hydrogen-bond acceptors (Lipinski definition) is 3. The lowest BCUT2D eigenvalue weighted by Crippen LogP contribution is -2.13. The Morgan fingerprint density at radius 2 is 2.11 bits per heavy atom. The zero-order chi connectivity index (χ0) is 13.8. The second kappa shape index (κ2) is 6.17. The van der Waals surface area contributed by atoms with Crippen LogP contribution in [0.15, 0.2) is 30.3 Å². The van der Waals surface area contributed by atoms with Crippen molar-refractivity contribution in [3.63, 3.8) is 0 Å². The quantitative estimate of drug-likeness (QED) is 0.905. The van der Waals surface area contributed by atoms with Gasteiger partial charge in [-0.2, -0.15) is 0 Å². The predicted molar refractivity (Wildman–Crippen MR) is 77.3 cm³/mol. The van der Waals surface area contributed by atoms with Gasteiger partial charge >= 0.3 is 0 Å². The predicted octanol–water partition coefficient (Wildman–Crippen LogP) is 3.70. The second-order valence-electron chi connectivity index (χ2n) is 4.40. The number of halogens is 1. The van der Waals surface area contributed by atoms with E-state index in [1.807, 2.05) is 6.07 Å². The Morgan fingerprint density at radius 1 is 1.32 bits per heavy atom. The van der Waals surface area contributed by atoms with Gasteiger partial charge in [-0.3, -0.25) is 0 Å². The summed E-state index contributed by atoms with van der Waals surface area (Å²) in [6, 6.07) is 9.10. The first-order valence-corrected chi connectivity index (χ1v) is 7.13. The number of thiophene rings is 1. The molecule has 1 aromatic heterocycles. The topological polar surface area (TPSA) is 35.2 Å². The largest absolute Gasteiger partial charge is 0.494 e. The normalized spacial score (nSPS) is 12.4. The van der Waals surface area contributed by atoms with Gasteiger partial charge in [-0.15, -0.1) is 11.3 Å². The molecule has 2 nitrogen and oxygen atoms in total. The summed E-state index contributed by atoms with van der Waals surface area (Å²) < 4.78 is 19.0. The van der Waals surface area contributed by atoms with Gasteiger partial charge in [-0.05, 0) is 36.6 Å². The summed E-state index contributed by atoms with van der Waals surface area (Å²) >= 11 is 1.70. The van der Waals surface area contributed by atoms with Gasteiger partial charge in [0.2, 0.25) is 0 Å². The summed E-state index contributed by atoms with van der Waals surface area (Å²) in [5.74, 6) is -0.0437. The molecule has 0 amide bonds. The van der Waals surface area contributed by atoms with E-state index in [4.69, 9.17) is 10.5 Å². The highest BCUT2D eigenvalue weighted by atomic mass is 32.1. The van der Waals surface area contributed by atoms with Crippen LogP contribution < -0.4 is 10.5 Å². The van der Waals surface area contributed by atoms with E-state index >= 15 is 0 Å². The average molecular weight is 279 g/mol. The molecule has 2 rings (SSSR count). The van der Waals surface area contributed by atoms with Crippen molar-refractivity contribution in [2.45, 2.75) is 25.8 Å². The lowest BCUT2D eigenvalue weighted by molar-refractivity contribution is 0.383. The van der Waals surface area contributed by atoms with Gasteiger partial charge in [0.15, 0.2) is 11.6 Å². The second-order valence-corrected chi connectivity index (χ2v) is 5.60. The Morgan fingerprint density at radius 3 is 2.74 bits per heavy atom. The first-order valence-electron chi connectivity index (χ1n) is 6.31. The number of rotatable bonds is 5. The summed E-state index contributed by atoms with van der Waals surface area (Å²) in [7, 11) is 1.47. The lowest BCUT2D eigenvalue weighted by atomic mass is 10.0. The van der Waals surface area contributed by atoms with Gasteiger partial charge in [0.1, 0.15) is 0 Å². The molecule has 0 spiro atoms. The van der Waals surface area contributed by atoms with Gasteiger partial charge in [-0.1, -0.05) is 19.1 Å². The molecule has 1 aromatic carbocycles. The lowest BCUT2D eigenvalue weighted by Gasteiger charge is -2.12. The molecular formula is C15H18FNOS. The van der Waals surface area contributed by atoms with Crippen molar-refractivity contribution in [3.8, 4) is 5.75 Å². The summed E-state index contributed by atoms with van der Waals surface area (Å²) in [6.45, 7) is 2.11. The highest BCUT2D eigenvalue weighted by Gasteiger charge is 2.14. The van der Waals surface area contributed by atoms with Gasteiger partial charge in [0.25, 0.3) is 0 Å². The molecule has 0 saturated heterocycles. The van der Waals surface area contributed by atoms with Crippen LogP contribution in [0, 0.1) is 5.82 Å². The third-order valence-corrected chi connectivity index (χ3v) is 4.46. The molecule has 4 heteroatoms. The van der Waals surface area contributed by atoms with Crippen LogP contribution in [-0.4, -0.2) is 7.11 Å². The fourth-order valence-electron chi connectivity index (χ4n) is 1.99. The van der Waals surface area contributed by atoms with E-state index in [0.717, 1.165) is 11.3 Å². The Labute approximate surface area is 117 Å². The van der Waals surface area contributed by atoms with E-state index in [0.29, 0.717) is 12.0 Å². The number of ether oxygens (including phenoxy) is 1. The molecule has 0 saturated carbocycles. The molecule has 0 aliphatic carbocycles. The van der Waals surface area contributed by atoms with Crippen molar-refractivity contribution < 1.29 is 9.13 Å². The molecule has 1 atom stereocenters. The minimum atomic E-state index is -0.312. The third kappa shape index (κ3) is 3.14. The molecule has 0 aliphatic heterocycles. The Bertz CT molecular complexity index is 553. The molecule has 0 aliphatic rings. The maximum absolute atomic E-state index is 14.0. The van der Waals surface area contributed by atoms with Crippen LogP contribution in [0.25, 0.3) is 0 Å². The van der Waals surface area contributed by atoms with Crippen LogP contribution >= 0.6 is 11.3 Å². The van der Waals surface area contributed by atoms with E-state index in [-0.39, 0.29) is 17.6 Å². The van der Waals surface area contributed by atoms with E-state index in [1.165, 1.54) is 12.0 Å². The van der Waals surface area contributed by atoms with Crippen molar-refractivity contribution in [2.75, 3.05) is 7.11 Å². The summed E-state index contributed by atoms with van der Waals surface area (Å²) in [5.41, 5.74) is 6.75. The molecule has 102 valence electrons. The van der Waals surface area contributed by atoms with Gasteiger partial charge in [-0.25, -0.2) is 4.39 Å². The Balaban J connectivity index is 2.16. The average Bonchev–Trinajstić information content (AvgIpc) is 2.90. The third-order valence-electron chi connectivity index (χ3n) is 3.10. The maximum Gasteiger partial charge on any atom is 0.168 e. The van der Waals surface area contributed by atoms with Crippen molar-refractivity contribution in [3.05, 3.63) is 51.5 Å². The minimum Gasteiger partial charge on any atom is -0.494 e. The SMILES string of the molecule is CCc1ccc(C(N)Cc2cccc(OC)c2F)s1. The Kier molecular flexibility index (Phi) is 4.56. The molecule has 2 N–H and O–H groups in total. The monoisotopic (exact) mass is 279 g/mol. The van der Waals surface area contributed by atoms with Crippen molar-refractivity contribution in [1.29, 1.82) is 0 Å². The minimum absolute atomic E-state index is 0.174. The van der Waals surface area contributed by atoms with Crippen LogP contribution in [0.5, 0.6) is 5.75 Å². The first-order chi connectivity index (χ1) is 9.15. The molecule has 0 radical (unpaired) electrons. The van der Waals surface area contributed by atoms with E-state index in [9.17, 15) is 4.39 Å². The highest BCUT2D eigenvalue weighted by molar-refractivity contribution is 7.12. The standard InChI is InChI=1S/C15H18FNOS/c1-3-11-7-8-14(19-11)12(17)9-10-5-4-6-13(18-2)15(10)16/h4-8,12H,3,9,17H2,1-2H3. The Hall–Kier alpha value is -1.39. The number of benzene rings is 1. The summed E-state index contributed by atoms with van der Waals surface area (Å²) in [6.07, 6.45) is 1.48. The number of aryl methyl sites for hydroxylation is 1. The maximum atomic E-state index is 14.0. The number of methoxy groups -OCH3 is 1. The highest BCUT2D eigenvalue weighted by Crippen LogP contribution is 2.27. The van der Waals surface area contributed by atoms with Gasteiger partial charge in [0.05, 0.1) is 7.11 Å². The van der Waals surface area contributed by atoms with E-state index < -0.39 is 0 Å². The van der Waals surface area contributed by atoms with Gasteiger partial charge < -0.3 is 10.5 Å². The summed E-state index contributed by atoms with van der Waals surface area (Å²) in [4.78, 5) is 2.40. The first kappa shape index (κ1) is 14.0. The van der Waals surface area contributed by atoms with Crippen LogP contribution in [-0.2, 0) is 12.8 Å². The molecule has 1 unspecified atom stereocenters. The van der Waals surface area contributed by atoms with Gasteiger partial charge in [0, 0.05) is 15.8 Å². The van der Waals surface area contributed by atoms with Crippen molar-refractivity contribution in [1.82, 2.24) is 0 Å². The smallest absolute Gasteiger partial charge is 0.168 e. The zero-order valence-corrected chi connectivity index (χ0v) is 12.0. The van der Waals surface area contributed by atoms with E-state index in [1.54, 1.807) is 29.5 Å². The number of nitrogens with two attached hydrogens (primary N) is 1. The zero-order valence-electron chi connectivity index (χ0n) is 11.2. The van der Waals surface area contributed by atoms with Crippen LogP contribution in [0.1, 0.15) is 28.3 Å². The van der Waals surface area contributed by atoms with Crippen LogP contribution in [0.3, 0.4) is 0 Å². The molecular weight excluding hydrogens is 261 g/mol. The van der Waals surface area contributed by atoms with Crippen LogP contribution in [0.2, 0.25) is 0 Å². The summed E-state index contributed by atoms with van der Waals surface area (Å²) in [5, 5.41) is 0. The number of hydrogen-bond donors (Lipinski definition) is 1. The fourth-order valence-corrected chi connectivity index (χ4v) is 2.95. The fraction of sp³-hybridized carbons (Fsp3) is 0.333.